The summed E-state index contributed by atoms with van der Waals surface area (Å²) in [6.45, 7) is 1.67. The fourth-order valence-electron chi connectivity index (χ4n) is 3.21. The minimum Gasteiger partial charge on any atom is -0.482 e. The molecule has 7 heteroatoms. The summed E-state index contributed by atoms with van der Waals surface area (Å²) in [7, 11) is 0. The molecule has 0 spiro atoms. The molecule has 0 saturated carbocycles. The number of pyridine rings is 1. The largest absolute Gasteiger partial charge is 0.482 e. The van der Waals surface area contributed by atoms with Crippen molar-refractivity contribution in [3.05, 3.63) is 63.3 Å². The Balaban J connectivity index is 1.59. The van der Waals surface area contributed by atoms with Crippen LogP contribution in [0.3, 0.4) is 0 Å². The topological polar surface area (TPSA) is 68.3 Å². The highest BCUT2D eigenvalue weighted by molar-refractivity contribution is 6.39. The number of Topliss-reactive ketones (excluding diaryl/α,β-unsaturated/α-hetero) is 1. The Bertz CT molecular complexity index is 1130. The Morgan fingerprint density at radius 2 is 1.96 bits per heavy atom. The molecule has 1 aromatic heterocycles. The van der Waals surface area contributed by atoms with Gasteiger partial charge in [0.1, 0.15) is 5.52 Å². The number of benzene rings is 2. The second-order valence-electron chi connectivity index (χ2n) is 6.65. The molecular weight excluding hydrogens is 399 g/mol. The van der Waals surface area contributed by atoms with Gasteiger partial charge in [-0.1, -0.05) is 23.2 Å². The zero-order valence-electron chi connectivity index (χ0n) is 15.0. The summed E-state index contributed by atoms with van der Waals surface area (Å²) in [5, 5.41) is 4.29. The summed E-state index contributed by atoms with van der Waals surface area (Å²) in [6.07, 6.45) is 1.03. The van der Waals surface area contributed by atoms with Crippen LogP contribution in [0.5, 0.6) is 5.75 Å². The Morgan fingerprint density at radius 3 is 2.79 bits per heavy atom. The van der Waals surface area contributed by atoms with Gasteiger partial charge in [-0.15, -0.1) is 0 Å². The summed E-state index contributed by atoms with van der Waals surface area (Å²) in [4.78, 5) is 28.6. The number of rotatable bonds is 4. The molecule has 28 heavy (non-hydrogen) atoms. The van der Waals surface area contributed by atoms with Crippen LogP contribution in [-0.4, -0.2) is 23.3 Å². The SMILES string of the molecule is Cc1ccc2c(Cl)cc(Cl)c(OCC(=O)c3ccc4c(c3)CCC(=O)N4)c2n1. The number of fused-ring (bicyclic) bond motifs is 2. The van der Waals surface area contributed by atoms with Crippen LogP contribution in [0.1, 0.15) is 28.0 Å². The van der Waals surface area contributed by atoms with E-state index in [1.54, 1.807) is 24.3 Å². The van der Waals surface area contributed by atoms with Crippen molar-refractivity contribution in [3.8, 4) is 5.75 Å². The molecule has 2 aromatic carbocycles. The predicted octanol–water partition coefficient (Wildman–Crippen LogP) is 5.00. The van der Waals surface area contributed by atoms with Crippen molar-refractivity contribution >= 4 is 51.5 Å². The van der Waals surface area contributed by atoms with E-state index in [-0.39, 0.29) is 18.3 Å². The number of ether oxygens (including phenoxy) is 1. The third-order valence-electron chi connectivity index (χ3n) is 4.65. The third kappa shape index (κ3) is 3.55. The number of halogens is 2. The summed E-state index contributed by atoms with van der Waals surface area (Å²) in [6, 6.07) is 10.5. The molecule has 0 aliphatic carbocycles. The third-order valence-corrected chi connectivity index (χ3v) is 5.24. The first kappa shape index (κ1) is 18.7. The van der Waals surface area contributed by atoms with Crippen molar-refractivity contribution < 1.29 is 14.3 Å². The van der Waals surface area contributed by atoms with Crippen LogP contribution in [-0.2, 0) is 11.2 Å². The number of carbonyl (C=O) groups is 2. The van der Waals surface area contributed by atoms with Crippen LogP contribution in [0.4, 0.5) is 5.69 Å². The van der Waals surface area contributed by atoms with E-state index in [2.05, 4.69) is 10.3 Å². The van der Waals surface area contributed by atoms with Crippen molar-refractivity contribution in [3.63, 3.8) is 0 Å². The minimum atomic E-state index is -0.188. The van der Waals surface area contributed by atoms with E-state index in [9.17, 15) is 9.59 Å². The van der Waals surface area contributed by atoms with Gasteiger partial charge in [-0.3, -0.25) is 9.59 Å². The van der Waals surface area contributed by atoms with Gasteiger partial charge in [-0.25, -0.2) is 4.98 Å². The van der Waals surface area contributed by atoms with E-state index < -0.39 is 0 Å². The number of aromatic nitrogens is 1. The summed E-state index contributed by atoms with van der Waals surface area (Å²) in [5.41, 5.74) is 3.53. The number of nitrogens with one attached hydrogen (secondary N) is 1. The van der Waals surface area contributed by atoms with Crippen molar-refractivity contribution in [2.45, 2.75) is 19.8 Å². The zero-order chi connectivity index (χ0) is 19.8. The average Bonchev–Trinajstić information content (AvgIpc) is 2.66. The number of nitrogens with zero attached hydrogens (tertiary/aromatic N) is 1. The van der Waals surface area contributed by atoms with E-state index in [4.69, 9.17) is 27.9 Å². The van der Waals surface area contributed by atoms with Gasteiger partial charge in [0, 0.05) is 28.8 Å². The standard InChI is InChI=1S/C21H16Cl2N2O3/c1-11-2-5-14-15(22)9-16(23)21(20(14)24-11)28-10-18(26)13-3-6-17-12(8-13)4-7-19(27)25-17/h2-3,5-6,8-9H,4,7,10H2,1H3,(H,25,27). The van der Waals surface area contributed by atoms with Crippen molar-refractivity contribution in [2.75, 3.05) is 11.9 Å². The molecule has 0 fully saturated rings. The molecule has 0 unspecified atom stereocenters. The lowest BCUT2D eigenvalue weighted by Crippen LogP contribution is -2.20. The van der Waals surface area contributed by atoms with Gasteiger partial charge in [0.25, 0.3) is 0 Å². The van der Waals surface area contributed by atoms with Crippen LogP contribution in [0, 0.1) is 6.92 Å². The first-order chi connectivity index (χ1) is 13.4. The fourth-order valence-corrected chi connectivity index (χ4v) is 3.78. The second kappa shape index (κ2) is 7.41. The maximum absolute atomic E-state index is 12.6. The van der Waals surface area contributed by atoms with Crippen LogP contribution < -0.4 is 10.1 Å². The molecule has 2 heterocycles. The molecule has 0 saturated heterocycles. The lowest BCUT2D eigenvalue weighted by molar-refractivity contribution is -0.116. The molecule has 142 valence electrons. The van der Waals surface area contributed by atoms with E-state index in [1.165, 1.54) is 0 Å². The number of ketones is 1. The van der Waals surface area contributed by atoms with Crippen LogP contribution >= 0.6 is 23.2 Å². The van der Waals surface area contributed by atoms with Crippen LogP contribution in [0.15, 0.2) is 36.4 Å². The van der Waals surface area contributed by atoms with Gasteiger partial charge in [0.05, 0.1) is 10.0 Å². The van der Waals surface area contributed by atoms with E-state index in [1.807, 2.05) is 19.1 Å². The van der Waals surface area contributed by atoms with Gasteiger partial charge in [0.2, 0.25) is 5.91 Å². The Morgan fingerprint density at radius 1 is 1.14 bits per heavy atom. The highest BCUT2D eigenvalue weighted by Crippen LogP contribution is 2.37. The fraction of sp³-hybridized carbons (Fsp3) is 0.190. The van der Waals surface area contributed by atoms with E-state index in [0.29, 0.717) is 45.1 Å². The maximum atomic E-state index is 12.6. The molecule has 0 radical (unpaired) electrons. The zero-order valence-corrected chi connectivity index (χ0v) is 16.5. The van der Waals surface area contributed by atoms with Gasteiger partial charge in [-0.2, -0.15) is 0 Å². The number of anilines is 1. The lowest BCUT2D eigenvalue weighted by Gasteiger charge is -2.17. The monoisotopic (exact) mass is 414 g/mol. The number of aryl methyl sites for hydroxylation is 2. The molecule has 0 bridgehead atoms. The van der Waals surface area contributed by atoms with Gasteiger partial charge in [0.15, 0.2) is 18.1 Å². The van der Waals surface area contributed by atoms with Crippen LogP contribution in [0.25, 0.3) is 10.9 Å². The molecule has 1 N–H and O–H groups in total. The first-order valence-corrected chi connectivity index (χ1v) is 9.52. The smallest absolute Gasteiger partial charge is 0.224 e. The molecule has 1 amide bonds. The number of hydrogen-bond donors (Lipinski definition) is 1. The van der Waals surface area contributed by atoms with Crippen molar-refractivity contribution in [1.82, 2.24) is 4.98 Å². The van der Waals surface area contributed by atoms with Gasteiger partial charge < -0.3 is 10.1 Å². The minimum absolute atomic E-state index is 0.0121. The van der Waals surface area contributed by atoms with Crippen LogP contribution in [0.2, 0.25) is 10.0 Å². The quantitative estimate of drug-likeness (QED) is 0.610. The molecule has 3 aromatic rings. The summed E-state index contributed by atoms with van der Waals surface area (Å²) in [5.74, 6) is 0.136. The molecular formula is C21H16Cl2N2O3. The highest BCUT2D eigenvalue weighted by atomic mass is 35.5. The van der Waals surface area contributed by atoms with Crippen molar-refractivity contribution in [1.29, 1.82) is 0 Å². The number of carbonyl (C=O) groups excluding carboxylic acids is 2. The van der Waals surface area contributed by atoms with E-state index >= 15 is 0 Å². The lowest BCUT2D eigenvalue weighted by atomic mass is 9.99. The van der Waals surface area contributed by atoms with E-state index in [0.717, 1.165) is 16.9 Å². The van der Waals surface area contributed by atoms with Crippen molar-refractivity contribution in [2.24, 2.45) is 0 Å². The number of amides is 1. The normalized spacial score (nSPS) is 13.2. The Hall–Kier alpha value is -2.63. The van der Waals surface area contributed by atoms with Gasteiger partial charge in [-0.05, 0) is 55.3 Å². The summed E-state index contributed by atoms with van der Waals surface area (Å²) < 4.78 is 5.77. The molecule has 1 aliphatic heterocycles. The second-order valence-corrected chi connectivity index (χ2v) is 7.46. The molecule has 5 nitrogen and oxygen atoms in total. The Labute approximate surface area is 171 Å². The molecule has 4 rings (SSSR count). The predicted molar refractivity (Wildman–Crippen MR) is 110 cm³/mol. The first-order valence-electron chi connectivity index (χ1n) is 8.76. The molecule has 1 aliphatic rings. The van der Waals surface area contributed by atoms with Gasteiger partial charge >= 0.3 is 0 Å². The number of hydrogen-bond acceptors (Lipinski definition) is 4. The summed E-state index contributed by atoms with van der Waals surface area (Å²) >= 11 is 12.5. The Kier molecular flexibility index (Phi) is 4.96. The molecule has 0 atom stereocenters. The maximum Gasteiger partial charge on any atom is 0.224 e. The highest BCUT2D eigenvalue weighted by Gasteiger charge is 2.18. The average molecular weight is 415 g/mol.